The monoisotopic (exact) mass is 398 g/mol. The fourth-order valence-corrected chi connectivity index (χ4v) is 3.51. The van der Waals surface area contributed by atoms with Gasteiger partial charge >= 0.3 is 6.03 Å². The van der Waals surface area contributed by atoms with Gasteiger partial charge in [0, 0.05) is 62.5 Å². The lowest BCUT2D eigenvalue weighted by atomic mass is 10.0. The van der Waals surface area contributed by atoms with Crippen molar-refractivity contribution in [2.75, 3.05) is 37.6 Å². The highest BCUT2D eigenvalue weighted by molar-refractivity contribution is 5.74. The average molecular weight is 398 g/mol. The lowest BCUT2D eigenvalue weighted by molar-refractivity contribution is -0.384. The number of carbonyl (C=O) groups excluding carboxylic acids is 1. The van der Waals surface area contributed by atoms with E-state index in [9.17, 15) is 14.9 Å². The molecule has 1 saturated heterocycles. The molecule has 154 valence electrons. The van der Waals surface area contributed by atoms with E-state index in [-0.39, 0.29) is 11.7 Å². The van der Waals surface area contributed by atoms with Crippen LogP contribution in [0.2, 0.25) is 0 Å². The molecule has 2 aromatic rings. The van der Waals surface area contributed by atoms with Crippen LogP contribution in [0, 0.1) is 24.0 Å². The minimum atomic E-state index is -0.399. The number of nitrogens with zero attached hydrogens (tertiary/aromatic N) is 5. The molecule has 0 unspecified atom stereocenters. The molecule has 9 nitrogen and oxygen atoms in total. The Hall–Kier alpha value is -3.23. The van der Waals surface area contributed by atoms with Crippen LogP contribution in [-0.2, 0) is 6.42 Å². The Morgan fingerprint density at radius 3 is 2.38 bits per heavy atom. The van der Waals surface area contributed by atoms with Crippen molar-refractivity contribution in [3.63, 3.8) is 0 Å². The van der Waals surface area contributed by atoms with Gasteiger partial charge in [0.25, 0.3) is 5.69 Å². The lowest BCUT2D eigenvalue weighted by Crippen LogP contribution is -2.52. The Morgan fingerprint density at radius 1 is 1.14 bits per heavy atom. The molecule has 1 aromatic carbocycles. The highest BCUT2D eigenvalue weighted by Crippen LogP contribution is 2.26. The molecule has 1 aliphatic heterocycles. The fraction of sp³-hybridized carbons (Fsp3) is 0.450. The van der Waals surface area contributed by atoms with E-state index < -0.39 is 4.92 Å². The van der Waals surface area contributed by atoms with E-state index >= 15 is 0 Å². The highest BCUT2D eigenvalue weighted by Gasteiger charge is 2.24. The van der Waals surface area contributed by atoms with Crippen molar-refractivity contribution < 1.29 is 9.72 Å². The van der Waals surface area contributed by atoms with Crippen LogP contribution < -0.4 is 10.2 Å². The third kappa shape index (κ3) is 4.79. The predicted octanol–water partition coefficient (Wildman–Crippen LogP) is 2.44. The van der Waals surface area contributed by atoms with Gasteiger partial charge in [0.15, 0.2) is 0 Å². The number of anilines is 1. The van der Waals surface area contributed by atoms with Crippen molar-refractivity contribution in [2.45, 2.75) is 27.2 Å². The average Bonchev–Trinajstić information content (AvgIpc) is 2.70. The Kier molecular flexibility index (Phi) is 6.26. The normalized spacial score (nSPS) is 14.0. The zero-order valence-electron chi connectivity index (χ0n) is 17.0. The van der Waals surface area contributed by atoms with Gasteiger partial charge in [-0.3, -0.25) is 10.1 Å². The maximum atomic E-state index is 12.1. The van der Waals surface area contributed by atoms with Crippen LogP contribution >= 0.6 is 0 Å². The molecule has 1 fully saturated rings. The number of amides is 2. The number of hydrogen-bond donors (Lipinski definition) is 1. The third-order valence-corrected chi connectivity index (χ3v) is 5.03. The van der Waals surface area contributed by atoms with E-state index in [0.29, 0.717) is 45.0 Å². The van der Waals surface area contributed by atoms with Gasteiger partial charge in [-0.15, -0.1) is 0 Å². The number of aryl methyl sites for hydroxylation is 2. The topological polar surface area (TPSA) is 104 Å². The summed E-state index contributed by atoms with van der Waals surface area (Å²) in [5.41, 5.74) is 2.95. The molecule has 1 aliphatic rings. The number of aromatic nitrogens is 2. The Morgan fingerprint density at radius 2 is 1.79 bits per heavy atom. The van der Waals surface area contributed by atoms with Gasteiger partial charge < -0.3 is 15.1 Å². The molecule has 2 heterocycles. The molecule has 0 saturated carbocycles. The van der Waals surface area contributed by atoms with Crippen molar-refractivity contribution in [3.8, 4) is 0 Å². The van der Waals surface area contributed by atoms with Crippen molar-refractivity contribution in [1.29, 1.82) is 0 Å². The van der Waals surface area contributed by atoms with Crippen molar-refractivity contribution in [2.24, 2.45) is 0 Å². The second kappa shape index (κ2) is 8.85. The first kappa shape index (κ1) is 20.5. The summed E-state index contributed by atoms with van der Waals surface area (Å²) in [5.74, 6) is 1.58. The molecule has 3 rings (SSSR count). The summed E-state index contributed by atoms with van der Waals surface area (Å²) < 4.78 is 0. The third-order valence-electron chi connectivity index (χ3n) is 5.03. The first-order chi connectivity index (χ1) is 13.9. The Bertz CT molecular complexity index is 892. The number of piperazine rings is 1. The first-order valence-corrected chi connectivity index (χ1v) is 9.74. The molecule has 1 aromatic heterocycles. The number of benzene rings is 1. The van der Waals surface area contributed by atoms with Crippen molar-refractivity contribution >= 4 is 17.5 Å². The van der Waals surface area contributed by atoms with Crippen molar-refractivity contribution in [3.05, 3.63) is 57.0 Å². The summed E-state index contributed by atoms with van der Waals surface area (Å²) in [6.45, 7) is 9.01. The number of nitro groups is 1. The van der Waals surface area contributed by atoms with Gasteiger partial charge in [-0.2, -0.15) is 0 Å². The van der Waals surface area contributed by atoms with Crippen LogP contribution in [0.4, 0.5) is 16.3 Å². The molecule has 0 spiro atoms. The van der Waals surface area contributed by atoms with Gasteiger partial charge in [-0.05, 0) is 26.3 Å². The van der Waals surface area contributed by atoms with Crippen LogP contribution in [0.25, 0.3) is 0 Å². The van der Waals surface area contributed by atoms with Gasteiger partial charge in [0.05, 0.1) is 4.92 Å². The molecule has 0 radical (unpaired) electrons. The molecule has 2 amide bonds. The maximum Gasteiger partial charge on any atom is 0.317 e. The summed E-state index contributed by atoms with van der Waals surface area (Å²) in [7, 11) is 0. The summed E-state index contributed by atoms with van der Waals surface area (Å²) >= 11 is 0. The van der Waals surface area contributed by atoms with E-state index in [4.69, 9.17) is 4.98 Å². The second-order valence-corrected chi connectivity index (χ2v) is 7.07. The number of non-ortho nitro benzene ring substituents is 1. The SMILES string of the molecule is CCNC(=O)N1CCN(c2nc(C)nc(C)c2Cc2ccc([N+](=O)[O-])cc2)CC1. The summed E-state index contributed by atoms with van der Waals surface area (Å²) in [4.78, 5) is 35.8. The number of nitrogens with one attached hydrogen (secondary N) is 1. The number of urea groups is 1. The van der Waals surface area contributed by atoms with E-state index in [1.165, 1.54) is 12.1 Å². The minimum Gasteiger partial charge on any atom is -0.353 e. The molecular weight excluding hydrogens is 372 g/mol. The van der Waals surface area contributed by atoms with E-state index in [1.54, 1.807) is 12.1 Å². The Labute approximate surface area is 169 Å². The zero-order valence-corrected chi connectivity index (χ0v) is 17.0. The van der Waals surface area contributed by atoms with Gasteiger partial charge in [-0.25, -0.2) is 14.8 Å². The van der Waals surface area contributed by atoms with Gasteiger partial charge in [0.1, 0.15) is 11.6 Å². The zero-order chi connectivity index (χ0) is 21.0. The molecular formula is C20H26N6O3. The molecule has 29 heavy (non-hydrogen) atoms. The minimum absolute atomic E-state index is 0.0340. The van der Waals surface area contributed by atoms with E-state index in [1.807, 2.05) is 25.7 Å². The van der Waals surface area contributed by atoms with Crippen LogP contribution in [-0.4, -0.2) is 58.5 Å². The number of rotatable bonds is 5. The van der Waals surface area contributed by atoms with E-state index in [2.05, 4.69) is 15.2 Å². The number of hydrogen-bond acceptors (Lipinski definition) is 6. The lowest BCUT2D eigenvalue weighted by Gasteiger charge is -2.36. The largest absolute Gasteiger partial charge is 0.353 e. The number of carbonyl (C=O) groups is 1. The second-order valence-electron chi connectivity index (χ2n) is 7.07. The maximum absolute atomic E-state index is 12.1. The highest BCUT2D eigenvalue weighted by atomic mass is 16.6. The summed E-state index contributed by atoms with van der Waals surface area (Å²) in [6, 6.07) is 6.55. The Balaban J connectivity index is 1.81. The first-order valence-electron chi connectivity index (χ1n) is 9.74. The summed E-state index contributed by atoms with van der Waals surface area (Å²) in [5, 5.41) is 13.7. The van der Waals surface area contributed by atoms with E-state index in [0.717, 1.165) is 22.6 Å². The molecule has 1 N–H and O–H groups in total. The fourth-order valence-electron chi connectivity index (χ4n) is 3.51. The van der Waals surface area contributed by atoms with Crippen LogP contribution in [0.15, 0.2) is 24.3 Å². The quantitative estimate of drug-likeness (QED) is 0.613. The molecule has 0 bridgehead atoms. The smallest absolute Gasteiger partial charge is 0.317 e. The van der Waals surface area contributed by atoms with Gasteiger partial charge in [-0.1, -0.05) is 12.1 Å². The van der Waals surface area contributed by atoms with Crippen LogP contribution in [0.5, 0.6) is 0 Å². The van der Waals surface area contributed by atoms with Gasteiger partial charge in [0.2, 0.25) is 0 Å². The van der Waals surface area contributed by atoms with Crippen LogP contribution in [0.1, 0.15) is 29.6 Å². The standard InChI is InChI=1S/C20H26N6O3/c1-4-21-20(27)25-11-9-24(10-12-25)19-18(14(2)22-15(3)23-19)13-16-5-7-17(8-6-16)26(28)29/h5-8H,4,9-13H2,1-3H3,(H,21,27). The van der Waals surface area contributed by atoms with Crippen LogP contribution in [0.3, 0.4) is 0 Å². The molecule has 0 atom stereocenters. The predicted molar refractivity (Wildman–Crippen MR) is 110 cm³/mol. The summed E-state index contributed by atoms with van der Waals surface area (Å²) in [6.07, 6.45) is 0.593. The molecule has 9 heteroatoms. The number of nitro benzene ring substituents is 1. The van der Waals surface area contributed by atoms with Crippen molar-refractivity contribution in [1.82, 2.24) is 20.2 Å². The molecule has 0 aliphatic carbocycles.